The van der Waals surface area contributed by atoms with Gasteiger partial charge in [0.1, 0.15) is 7.05 Å². The minimum absolute atomic E-state index is 0.279. The van der Waals surface area contributed by atoms with Gasteiger partial charge < -0.3 is 0 Å². The van der Waals surface area contributed by atoms with Crippen molar-refractivity contribution < 1.29 is 9.48 Å². The van der Waals surface area contributed by atoms with Crippen LogP contribution in [0.15, 0.2) is 66.9 Å². The van der Waals surface area contributed by atoms with Gasteiger partial charge in [-0.25, -0.2) is 0 Å². The number of aryl methyl sites for hydroxylation is 1. The van der Waals surface area contributed by atoms with E-state index in [-0.39, 0.29) is 5.91 Å². The number of hydrogen-bond acceptors (Lipinski definition) is 2. The molecule has 0 unspecified atom stereocenters. The largest absolute Gasteiger partial charge is 0.287 e. The Morgan fingerprint density at radius 1 is 1.05 bits per heavy atom. The molecule has 3 aromatic rings. The van der Waals surface area contributed by atoms with Crippen LogP contribution in [-0.4, -0.2) is 15.8 Å². The maximum Gasteiger partial charge on any atom is 0.287 e. The first-order valence-electron chi connectivity index (χ1n) is 6.56. The summed E-state index contributed by atoms with van der Waals surface area (Å²) in [5, 5.41) is 8.43. The Bertz CT molecular complexity index is 750. The Morgan fingerprint density at radius 3 is 2.33 bits per heavy atom. The molecule has 0 aliphatic carbocycles. The molecule has 0 aliphatic rings. The molecule has 3 rings (SSSR count). The van der Waals surface area contributed by atoms with Crippen LogP contribution < -0.4 is 10.00 Å². The zero-order valence-electron chi connectivity index (χ0n) is 11.5. The highest BCUT2D eigenvalue weighted by Gasteiger charge is 2.19. The minimum Gasteiger partial charge on any atom is -0.267 e. The van der Waals surface area contributed by atoms with Gasteiger partial charge in [-0.3, -0.25) is 4.79 Å². The van der Waals surface area contributed by atoms with Gasteiger partial charge in [-0.15, -0.1) is 4.68 Å². The minimum atomic E-state index is -0.279. The standard InChI is InChI=1S/C16H14N4O/c1-19-15(17-16(21)13-8-4-2-5-9-13)12-20(18-19)14-10-6-3-7-11-14/h2-12H,1H3/q+1. The molecule has 0 spiro atoms. The average Bonchev–Trinajstić information content (AvgIpc) is 2.90. The molecule has 103 valence electrons. The fraction of sp³-hybridized carbons (Fsp3) is 0.0625. The number of aromatic nitrogens is 3. The average molecular weight is 278 g/mol. The van der Waals surface area contributed by atoms with Gasteiger partial charge in [-0.1, -0.05) is 41.1 Å². The van der Waals surface area contributed by atoms with E-state index in [4.69, 9.17) is 0 Å². The zero-order chi connectivity index (χ0) is 14.7. The van der Waals surface area contributed by atoms with Gasteiger partial charge in [0.05, 0.1) is 5.21 Å². The number of carbonyl (C=O) groups excluding carboxylic acids is 1. The summed E-state index contributed by atoms with van der Waals surface area (Å²) in [4.78, 5) is 12.1. The summed E-state index contributed by atoms with van der Waals surface area (Å²) in [5.74, 6) is 0.228. The van der Waals surface area contributed by atoms with Crippen molar-refractivity contribution in [2.75, 3.05) is 0 Å². The summed E-state index contributed by atoms with van der Waals surface area (Å²) in [6, 6.07) is 18.7. The molecule has 1 aromatic heterocycles. The molecule has 5 nitrogen and oxygen atoms in total. The van der Waals surface area contributed by atoms with E-state index in [9.17, 15) is 4.79 Å². The second-order valence-corrected chi connectivity index (χ2v) is 4.56. The molecule has 0 bridgehead atoms. The number of hydrogen-bond donors (Lipinski definition) is 0. The topological polar surface area (TPSA) is 52.9 Å². The van der Waals surface area contributed by atoms with E-state index in [1.807, 2.05) is 48.5 Å². The number of nitrogens with zero attached hydrogens (tertiary/aromatic N) is 4. The zero-order valence-corrected chi connectivity index (χ0v) is 11.5. The van der Waals surface area contributed by atoms with Crippen molar-refractivity contribution in [3.8, 4) is 5.69 Å². The predicted molar refractivity (Wildman–Crippen MR) is 77.3 cm³/mol. The van der Waals surface area contributed by atoms with Crippen LogP contribution in [0.2, 0.25) is 0 Å². The summed E-state index contributed by atoms with van der Waals surface area (Å²) in [6.45, 7) is 0. The third-order valence-electron chi connectivity index (χ3n) is 3.06. The number of rotatable bonds is 3. The summed E-state index contributed by atoms with van der Waals surface area (Å²) in [7, 11) is 1.76. The summed E-state index contributed by atoms with van der Waals surface area (Å²) in [5.41, 5.74) is 1.48. The molecule has 1 radical (unpaired) electrons. The first-order chi connectivity index (χ1) is 10.2. The summed E-state index contributed by atoms with van der Waals surface area (Å²) >= 11 is 0. The lowest BCUT2D eigenvalue weighted by Crippen LogP contribution is -2.32. The first kappa shape index (κ1) is 13.1. The molecule has 21 heavy (non-hydrogen) atoms. The van der Waals surface area contributed by atoms with Gasteiger partial charge in [-0.05, 0) is 24.3 Å². The molecule has 0 fully saturated rings. The fourth-order valence-corrected chi connectivity index (χ4v) is 1.97. The molecule has 0 saturated heterocycles. The lowest BCUT2D eigenvalue weighted by molar-refractivity contribution is -0.661. The Kier molecular flexibility index (Phi) is 3.47. The van der Waals surface area contributed by atoms with Gasteiger partial charge in [0, 0.05) is 5.56 Å². The van der Waals surface area contributed by atoms with E-state index in [1.54, 1.807) is 34.7 Å². The third-order valence-corrected chi connectivity index (χ3v) is 3.06. The number of carbonyl (C=O) groups is 1. The van der Waals surface area contributed by atoms with Gasteiger partial charge in [0.2, 0.25) is 0 Å². The van der Waals surface area contributed by atoms with Crippen LogP contribution in [0, 0.1) is 0 Å². The van der Waals surface area contributed by atoms with Gasteiger partial charge >= 0.3 is 0 Å². The fourth-order valence-electron chi connectivity index (χ4n) is 1.97. The molecule has 0 atom stereocenters. The molecule has 5 heteroatoms. The van der Waals surface area contributed by atoms with E-state index >= 15 is 0 Å². The van der Waals surface area contributed by atoms with Crippen LogP contribution in [0.4, 0.5) is 5.82 Å². The highest BCUT2D eigenvalue weighted by Crippen LogP contribution is 2.07. The van der Waals surface area contributed by atoms with E-state index in [0.717, 1.165) is 5.69 Å². The van der Waals surface area contributed by atoms with E-state index in [0.29, 0.717) is 11.4 Å². The van der Waals surface area contributed by atoms with E-state index in [1.165, 1.54) is 0 Å². The maximum atomic E-state index is 12.1. The van der Waals surface area contributed by atoms with Gasteiger partial charge in [0.15, 0.2) is 11.9 Å². The van der Waals surface area contributed by atoms with Crippen molar-refractivity contribution >= 4 is 11.7 Å². The highest BCUT2D eigenvalue weighted by atomic mass is 16.1. The molecule has 1 heterocycles. The molecule has 1 amide bonds. The third kappa shape index (κ3) is 2.81. The van der Waals surface area contributed by atoms with Crippen molar-refractivity contribution in [1.82, 2.24) is 15.2 Å². The van der Waals surface area contributed by atoms with Crippen molar-refractivity contribution in [2.24, 2.45) is 7.05 Å². The Labute approximate surface area is 122 Å². The van der Waals surface area contributed by atoms with Crippen LogP contribution in [0.25, 0.3) is 5.69 Å². The first-order valence-corrected chi connectivity index (χ1v) is 6.56. The molecule has 0 aliphatic heterocycles. The molecular weight excluding hydrogens is 264 g/mol. The maximum absolute atomic E-state index is 12.1. The number of amides is 1. The van der Waals surface area contributed by atoms with Crippen LogP contribution in [0.3, 0.4) is 0 Å². The lowest BCUT2D eigenvalue weighted by Gasteiger charge is -1.96. The molecule has 0 N–H and O–H groups in total. The summed E-state index contributed by atoms with van der Waals surface area (Å²) < 4.78 is 3.27. The monoisotopic (exact) mass is 278 g/mol. The second kappa shape index (κ2) is 5.58. The van der Waals surface area contributed by atoms with Crippen LogP contribution in [0.1, 0.15) is 10.4 Å². The SMILES string of the molecule is Cn1n[n+](-c2ccccc2)cc1[N]C(=O)c1ccccc1. The molecular formula is C16H14N4O+. The van der Waals surface area contributed by atoms with Crippen LogP contribution in [0.5, 0.6) is 0 Å². The highest BCUT2D eigenvalue weighted by molar-refractivity contribution is 5.96. The normalized spacial score (nSPS) is 10.3. The van der Waals surface area contributed by atoms with Gasteiger partial charge in [0.25, 0.3) is 11.7 Å². The quantitative estimate of drug-likeness (QED) is 0.686. The number of para-hydroxylation sites is 1. The summed E-state index contributed by atoms with van der Waals surface area (Å²) in [6.07, 6.45) is 1.73. The van der Waals surface area contributed by atoms with Crippen molar-refractivity contribution in [2.45, 2.75) is 0 Å². The predicted octanol–water partition coefficient (Wildman–Crippen LogP) is 1.77. The van der Waals surface area contributed by atoms with E-state index < -0.39 is 0 Å². The van der Waals surface area contributed by atoms with Gasteiger partial charge in [-0.2, -0.15) is 5.32 Å². The Hall–Kier alpha value is -2.95. The molecule has 0 saturated carbocycles. The Balaban J connectivity index is 1.84. The number of benzene rings is 2. The second-order valence-electron chi connectivity index (χ2n) is 4.56. The van der Waals surface area contributed by atoms with E-state index in [2.05, 4.69) is 10.5 Å². The smallest absolute Gasteiger partial charge is 0.267 e. The Morgan fingerprint density at radius 2 is 1.67 bits per heavy atom. The van der Waals surface area contributed by atoms with Crippen LogP contribution >= 0.6 is 0 Å². The van der Waals surface area contributed by atoms with Crippen LogP contribution in [-0.2, 0) is 7.05 Å². The van der Waals surface area contributed by atoms with Crippen molar-refractivity contribution in [3.05, 3.63) is 72.4 Å². The van der Waals surface area contributed by atoms with Crippen molar-refractivity contribution in [3.63, 3.8) is 0 Å². The van der Waals surface area contributed by atoms with Crippen molar-refractivity contribution in [1.29, 1.82) is 0 Å². The lowest BCUT2D eigenvalue weighted by atomic mass is 10.2. The molecule has 2 aromatic carbocycles.